The number of aromatic nitrogens is 1. The molecule has 0 atom stereocenters. The van der Waals surface area contributed by atoms with Gasteiger partial charge >= 0.3 is 5.97 Å². The Kier molecular flexibility index (Phi) is 6.99. The zero-order chi connectivity index (χ0) is 20.9. The smallest absolute Gasteiger partial charge is 0.340 e. The van der Waals surface area contributed by atoms with E-state index in [0.29, 0.717) is 23.2 Å². The normalized spacial score (nSPS) is 14.9. The molecule has 0 saturated carbocycles. The van der Waals surface area contributed by atoms with E-state index in [4.69, 9.17) is 4.74 Å². The highest BCUT2D eigenvalue weighted by Crippen LogP contribution is 2.23. The van der Waals surface area contributed by atoms with Crippen molar-refractivity contribution in [3.8, 4) is 0 Å². The van der Waals surface area contributed by atoms with Crippen molar-refractivity contribution in [3.05, 3.63) is 52.8 Å². The average Bonchev–Trinajstić information content (AvgIpc) is 2.73. The van der Waals surface area contributed by atoms with Crippen molar-refractivity contribution in [1.82, 2.24) is 9.29 Å². The molecular weight excluding hydrogens is 462 g/mol. The molecule has 8 nitrogen and oxygen atoms in total. The van der Waals surface area contributed by atoms with E-state index in [1.165, 1.54) is 34.9 Å². The highest BCUT2D eigenvalue weighted by atomic mass is 79.9. The number of sulfonamides is 1. The van der Waals surface area contributed by atoms with Crippen LogP contribution < -0.4 is 5.32 Å². The van der Waals surface area contributed by atoms with Crippen LogP contribution in [0.1, 0.15) is 29.6 Å². The molecule has 10 heteroatoms. The van der Waals surface area contributed by atoms with E-state index in [1.54, 1.807) is 12.1 Å². The van der Waals surface area contributed by atoms with Crippen LogP contribution in [0.4, 0.5) is 5.69 Å². The summed E-state index contributed by atoms with van der Waals surface area (Å²) >= 11 is 3.20. The van der Waals surface area contributed by atoms with Crippen LogP contribution in [0, 0.1) is 0 Å². The van der Waals surface area contributed by atoms with Gasteiger partial charge in [-0.2, -0.15) is 4.31 Å². The van der Waals surface area contributed by atoms with Gasteiger partial charge in [-0.1, -0.05) is 12.5 Å². The lowest BCUT2D eigenvalue weighted by Crippen LogP contribution is -2.35. The van der Waals surface area contributed by atoms with Crippen molar-refractivity contribution in [2.45, 2.75) is 24.2 Å². The minimum atomic E-state index is -3.60. The van der Waals surface area contributed by atoms with Gasteiger partial charge in [0.1, 0.15) is 0 Å². The molecule has 1 amide bonds. The van der Waals surface area contributed by atoms with Crippen LogP contribution in [0.5, 0.6) is 0 Å². The molecule has 1 fully saturated rings. The number of anilines is 1. The number of hydrogen-bond acceptors (Lipinski definition) is 6. The number of hydrogen-bond donors (Lipinski definition) is 1. The third kappa shape index (κ3) is 5.62. The van der Waals surface area contributed by atoms with Crippen molar-refractivity contribution in [2.24, 2.45) is 0 Å². The molecule has 2 aromatic rings. The second-order valence-corrected chi connectivity index (χ2v) is 9.36. The number of ether oxygens (including phenoxy) is 1. The van der Waals surface area contributed by atoms with Gasteiger partial charge in [-0.3, -0.25) is 9.78 Å². The lowest BCUT2D eigenvalue weighted by Gasteiger charge is -2.26. The van der Waals surface area contributed by atoms with Crippen LogP contribution >= 0.6 is 15.9 Å². The lowest BCUT2D eigenvalue weighted by atomic mass is 10.2. The molecule has 0 spiro atoms. The number of carbonyl (C=O) groups excluding carboxylic acids is 2. The molecule has 0 radical (unpaired) electrons. The minimum Gasteiger partial charge on any atom is -0.452 e. The van der Waals surface area contributed by atoms with Gasteiger partial charge in [0.05, 0.1) is 10.5 Å². The Morgan fingerprint density at radius 1 is 1.14 bits per heavy atom. The Morgan fingerprint density at radius 3 is 2.62 bits per heavy atom. The first-order valence-electron chi connectivity index (χ1n) is 9.04. The van der Waals surface area contributed by atoms with Gasteiger partial charge in [0.15, 0.2) is 6.61 Å². The first-order valence-corrected chi connectivity index (χ1v) is 11.3. The second kappa shape index (κ2) is 9.47. The number of carbonyl (C=O) groups is 2. The summed E-state index contributed by atoms with van der Waals surface area (Å²) in [4.78, 5) is 28.1. The average molecular weight is 482 g/mol. The van der Waals surface area contributed by atoms with E-state index in [2.05, 4.69) is 26.2 Å². The number of nitrogens with one attached hydrogen (secondary N) is 1. The molecule has 1 aliphatic rings. The molecule has 0 bridgehead atoms. The summed E-state index contributed by atoms with van der Waals surface area (Å²) in [7, 11) is -3.60. The van der Waals surface area contributed by atoms with Crippen LogP contribution in [-0.4, -0.2) is 49.3 Å². The van der Waals surface area contributed by atoms with Crippen LogP contribution in [-0.2, 0) is 19.6 Å². The monoisotopic (exact) mass is 481 g/mol. The van der Waals surface area contributed by atoms with Gasteiger partial charge in [0.25, 0.3) is 5.91 Å². The zero-order valence-corrected chi connectivity index (χ0v) is 17.9. The van der Waals surface area contributed by atoms with Crippen LogP contribution in [0.3, 0.4) is 0 Å². The Balaban J connectivity index is 1.61. The molecule has 29 heavy (non-hydrogen) atoms. The predicted molar refractivity (Wildman–Crippen MR) is 110 cm³/mol. The molecule has 1 saturated heterocycles. The highest BCUT2D eigenvalue weighted by molar-refractivity contribution is 9.10. The molecule has 154 valence electrons. The van der Waals surface area contributed by atoms with Crippen molar-refractivity contribution >= 4 is 43.5 Å². The summed E-state index contributed by atoms with van der Waals surface area (Å²) in [5.74, 6) is -1.26. The molecule has 1 aliphatic heterocycles. The first-order chi connectivity index (χ1) is 13.9. The molecule has 1 N–H and O–H groups in total. The van der Waals surface area contributed by atoms with Gasteiger partial charge in [-0.05, 0) is 53.0 Å². The van der Waals surface area contributed by atoms with Gasteiger partial charge in [-0.25, -0.2) is 13.2 Å². The number of pyridine rings is 1. The topological polar surface area (TPSA) is 106 Å². The maximum Gasteiger partial charge on any atom is 0.340 e. The third-order valence-corrected chi connectivity index (χ3v) is 6.67. The SMILES string of the molecule is O=C(COC(=O)c1cncc(Br)c1)Nc1cccc(S(=O)(=O)N2CCCCC2)c1. The Labute approximate surface area is 177 Å². The standard InChI is InChI=1S/C19H20BrN3O5S/c20-15-9-14(11-21-12-15)19(25)28-13-18(24)22-16-5-4-6-17(10-16)29(26,27)23-7-2-1-3-8-23/h4-6,9-12H,1-3,7-8,13H2,(H,22,24). The third-order valence-electron chi connectivity index (χ3n) is 4.35. The molecule has 0 unspecified atom stereocenters. The summed E-state index contributed by atoms with van der Waals surface area (Å²) in [6.45, 7) is 0.493. The zero-order valence-electron chi connectivity index (χ0n) is 15.5. The predicted octanol–water partition coefficient (Wildman–Crippen LogP) is 2.81. The number of esters is 1. The van der Waals surface area contributed by atoms with E-state index in [9.17, 15) is 18.0 Å². The fourth-order valence-corrected chi connectivity index (χ4v) is 4.85. The maximum absolute atomic E-state index is 12.8. The maximum atomic E-state index is 12.8. The Morgan fingerprint density at radius 2 is 1.90 bits per heavy atom. The number of benzene rings is 1. The Hall–Kier alpha value is -2.30. The number of piperidine rings is 1. The van der Waals surface area contributed by atoms with Gasteiger partial charge in [0.2, 0.25) is 10.0 Å². The number of amides is 1. The van der Waals surface area contributed by atoms with E-state index in [0.717, 1.165) is 19.3 Å². The van der Waals surface area contributed by atoms with Crippen molar-refractivity contribution in [3.63, 3.8) is 0 Å². The molecular formula is C19H20BrN3O5S. The fourth-order valence-electron chi connectivity index (χ4n) is 2.92. The summed E-state index contributed by atoms with van der Waals surface area (Å²) in [6.07, 6.45) is 5.56. The minimum absolute atomic E-state index is 0.120. The van der Waals surface area contributed by atoms with Gasteiger partial charge < -0.3 is 10.1 Å². The van der Waals surface area contributed by atoms with Crippen molar-refractivity contribution in [1.29, 1.82) is 0 Å². The summed E-state index contributed by atoms with van der Waals surface area (Å²) in [6, 6.07) is 7.57. The first kappa shape index (κ1) is 21.4. The van der Waals surface area contributed by atoms with E-state index >= 15 is 0 Å². The van der Waals surface area contributed by atoms with E-state index < -0.39 is 28.5 Å². The van der Waals surface area contributed by atoms with Crippen molar-refractivity contribution in [2.75, 3.05) is 25.0 Å². The highest BCUT2D eigenvalue weighted by Gasteiger charge is 2.26. The fraction of sp³-hybridized carbons (Fsp3) is 0.316. The second-order valence-electron chi connectivity index (χ2n) is 6.51. The number of halogens is 1. The van der Waals surface area contributed by atoms with E-state index in [1.807, 2.05) is 0 Å². The molecule has 1 aromatic carbocycles. The molecule has 3 rings (SSSR count). The molecule has 0 aliphatic carbocycles. The van der Waals surface area contributed by atoms with Crippen LogP contribution in [0.2, 0.25) is 0 Å². The lowest BCUT2D eigenvalue weighted by molar-refractivity contribution is -0.119. The largest absolute Gasteiger partial charge is 0.452 e. The summed E-state index contributed by atoms with van der Waals surface area (Å²) < 4.78 is 32.6. The van der Waals surface area contributed by atoms with Crippen LogP contribution in [0.25, 0.3) is 0 Å². The molecule has 1 aromatic heterocycles. The summed E-state index contributed by atoms with van der Waals surface area (Å²) in [5.41, 5.74) is 0.523. The quantitative estimate of drug-likeness (QED) is 0.635. The molecule has 2 heterocycles. The van der Waals surface area contributed by atoms with Crippen LogP contribution in [0.15, 0.2) is 52.1 Å². The van der Waals surface area contributed by atoms with Crippen molar-refractivity contribution < 1.29 is 22.7 Å². The van der Waals surface area contributed by atoms with E-state index in [-0.39, 0.29) is 10.5 Å². The summed E-state index contributed by atoms with van der Waals surface area (Å²) in [5, 5.41) is 2.55. The Bertz CT molecular complexity index is 1010. The van der Waals surface area contributed by atoms with Gasteiger partial charge in [-0.15, -0.1) is 0 Å². The number of rotatable bonds is 6. The number of nitrogens with zero attached hydrogens (tertiary/aromatic N) is 2. The van der Waals surface area contributed by atoms with Gasteiger partial charge in [0, 0.05) is 35.6 Å².